The number of amides is 1. The Hall–Kier alpha value is -1.82. The molecule has 2 aromatic heterocycles. The average molecular weight is 440 g/mol. The molecular formula is C18H25N5O4S2. The number of thiophene rings is 1. The van der Waals surface area contributed by atoms with Crippen LogP contribution in [0.1, 0.15) is 35.3 Å². The van der Waals surface area contributed by atoms with E-state index in [4.69, 9.17) is 4.42 Å². The van der Waals surface area contributed by atoms with Gasteiger partial charge in [-0.3, -0.25) is 4.79 Å². The lowest BCUT2D eigenvalue weighted by molar-refractivity contribution is 0.0754. The van der Waals surface area contributed by atoms with Gasteiger partial charge < -0.3 is 14.2 Å². The summed E-state index contributed by atoms with van der Waals surface area (Å²) in [5, 5.41) is 7.86. The molecule has 2 aliphatic heterocycles. The van der Waals surface area contributed by atoms with Gasteiger partial charge in [0.2, 0.25) is 10.0 Å². The van der Waals surface area contributed by atoms with Gasteiger partial charge in [-0.2, -0.15) is 4.31 Å². The van der Waals surface area contributed by atoms with Crippen molar-refractivity contribution in [3.63, 3.8) is 0 Å². The summed E-state index contributed by atoms with van der Waals surface area (Å²) in [4.78, 5) is 17.8. The van der Waals surface area contributed by atoms with Crippen molar-refractivity contribution in [3.05, 3.63) is 16.8 Å². The van der Waals surface area contributed by atoms with Gasteiger partial charge in [-0.15, -0.1) is 21.5 Å². The van der Waals surface area contributed by atoms with E-state index in [1.807, 2.05) is 0 Å². The molecule has 2 fully saturated rings. The number of hydrogen-bond acceptors (Lipinski definition) is 8. The quantitative estimate of drug-likeness (QED) is 0.699. The summed E-state index contributed by atoms with van der Waals surface area (Å²) in [5.41, 5.74) is 0. The number of aryl methyl sites for hydroxylation is 1. The Morgan fingerprint density at radius 1 is 1.14 bits per heavy atom. The predicted molar refractivity (Wildman–Crippen MR) is 108 cm³/mol. The lowest BCUT2D eigenvalue weighted by Crippen LogP contribution is -2.48. The Kier molecular flexibility index (Phi) is 5.74. The summed E-state index contributed by atoms with van der Waals surface area (Å²) in [6.45, 7) is 8.60. The molecule has 1 amide bonds. The standard InChI is InChI=1S/C18H25N5O4S2/c1-3-21-8-10-23(11-9-21)29(25,26)15-12-14(28-13(15)2)16-19-20-17(27-16)18(24)22-6-4-5-7-22/h12H,3-11H2,1-2H3. The van der Waals surface area contributed by atoms with E-state index < -0.39 is 10.0 Å². The number of sulfonamides is 1. The van der Waals surface area contributed by atoms with Gasteiger partial charge in [-0.05, 0) is 32.4 Å². The summed E-state index contributed by atoms with van der Waals surface area (Å²) in [5.74, 6) is -0.137. The molecular weight excluding hydrogens is 414 g/mol. The molecule has 0 unspecified atom stereocenters. The highest BCUT2D eigenvalue weighted by molar-refractivity contribution is 7.89. The van der Waals surface area contributed by atoms with E-state index in [1.165, 1.54) is 15.6 Å². The molecule has 0 spiro atoms. The molecule has 11 heteroatoms. The minimum Gasteiger partial charge on any atom is -0.411 e. The molecule has 29 heavy (non-hydrogen) atoms. The van der Waals surface area contributed by atoms with E-state index >= 15 is 0 Å². The first-order chi connectivity index (χ1) is 13.9. The van der Waals surface area contributed by atoms with Gasteiger partial charge in [0.25, 0.3) is 5.89 Å². The molecule has 2 aliphatic rings. The zero-order valence-corrected chi connectivity index (χ0v) is 18.3. The SMILES string of the molecule is CCN1CCN(S(=O)(=O)c2cc(-c3nnc(C(=O)N4CCCC4)o3)sc2C)CC1. The molecule has 0 atom stereocenters. The predicted octanol–water partition coefficient (Wildman–Crippen LogP) is 1.67. The van der Waals surface area contributed by atoms with Crippen molar-refractivity contribution in [2.24, 2.45) is 0 Å². The number of rotatable bonds is 5. The fraction of sp³-hybridized carbons (Fsp3) is 0.611. The van der Waals surface area contributed by atoms with Crippen molar-refractivity contribution in [1.29, 1.82) is 0 Å². The van der Waals surface area contributed by atoms with Crippen LogP contribution in [0, 0.1) is 6.92 Å². The number of carbonyl (C=O) groups excluding carboxylic acids is 1. The third-order valence-electron chi connectivity index (χ3n) is 5.48. The maximum absolute atomic E-state index is 13.1. The second kappa shape index (κ2) is 8.13. The van der Waals surface area contributed by atoms with Crippen molar-refractivity contribution in [2.75, 3.05) is 45.8 Å². The van der Waals surface area contributed by atoms with E-state index in [1.54, 1.807) is 17.9 Å². The lowest BCUT2D eigenvalue weighted by Gasteiger charge is -2.33. The zero-order chi connectivity index (χ0) is 20.6. The Bertz CT molecular complexity index is 986. The van der Waals surface area contributed by atoms with E-state index in [0.29, 0.717) is 35.9 Å². The fourth-order valence-corrected chi connectivity index (χ4v) is 6.62. The van der Waals surface area contributed by atoms with Gasteiger partial charge in [0, 0.05) is 44.1 Å². The topological polar surface area (TPSA) is 99.8 Å². The Morgan fingerprint density at radius 2 is 1.83 bits per heavy atom. The summed E-state index contributed by atoms with van der Waals surface area (Å²) in [7, 11) is -3.58. The van der Waals surface area contributed by atoms with Crippen molar-refractivity contribution in [2.45, 2.75) is 31.6 Å². The number of carbonyl (C=O) groups is 1. The third kappa shape index (κ3) is 3.96. The smallest absolute Gasteiger partial charge is 0.311 e. The molecule has 0 radical (unpaired) electrons. The van der Waals surface area contributed by atoms with Crippen molar-refractivity contribution in [1.82, 2.24) is 24.3 Å². The van der Waals surface area contributed by atoms with Gasteiger partial charge in [-0.25, -0.2) is 8.42 Å². The number of likely N-dealkylation sites (tertiary alicyclic amines) is 1. The number of piperazine rings is 1. The van der Waals surface area contributed by atoms with Crippen LogP contribution in [0.3, 0.4) is 0 Å². The Morgan fingerprint density at radius 3 is 2.48 bits per heavy atom. The molecule has 2 saturated heterocycles. The van der Waals surface area contributed by atoms with Crippen LogP contribution in [-0.4, -0.2) is 84.4 Å². The Labute approximate surface area is 174 Å². The summed E-state index contributed by atoms with van der Waals surface area (Å²) in [6, 6.07) is 1.58. The summed E-state index contributed by atoms with van der Waals surface area (Å²) in [6.07, 6.45) is 1.95. The molecule has 9 nitrogen and oxygen atoms in total. The number of likely N-dealkylation sites (N-methyl/N-ethyl adjacent to an activating group) is 1. The van der Waals surface area contributed by atoms with Gasteiger partial charge >= 0.3 is 11.8 Å². The normalized spacial score (nSPS) is 19.2. The zero-order valence-electron chi connectivity index (χ0n) is 16.6. The molecule has 0 saturated carbocycles. The second-order valence-corrected chi connectivity index (χ2v) is 10.4. The van der Waals surface area contributed by atoms with Gasteiger partial charge in [-0.1, -0.05) is 6.92 Å². The van der Waals surface area contributed by atoms with Crippen molar-refractivity contribution < 1.29 is 17.6 Å². The van der Waals surface area contributed by atoms with Gasteiger partial charge in [0.15, 0.2) is 0 Å². The van der Waals surface area contributed by atoms with Gasteiger partial charge in [0.1, 0.15) is 0 Å². The van der Waals surface area contributed by atoms with Crippen molar-refractivity contribution >= 4 is 27.3 Å². The van der Waals surface area contributed by atoms with Crippen LogP contribution in [-0.2, 0) is 10.0 Å². The average Bonchev–Trinajstić information content (AvgIpc) is 3.47. The minimum atomic E-state index is -3.58. The first-order valence-electron chi connectivity index (χ1n) is 9.86. The molecule has 0 N–H and O–H groups in total. The number of aromatic nitrogens is 2. The van der Waals surface area contributed by atoms with Crippen LogP contribution in [0.5, 0.6) is 0 Å². The van der Waals surface area contributed by atoms with Crippen LogP contribution in [0.15, 0.2) is 15.4 Å². The highest BCUT2D eigenvalue weighted by atomic mass is 32.2. The summed E-state index contributed by atoms with van der Waals surface area (Å²) >= 11 is 1.28. The molecule has 4 rings (SSSR count). The van der Waals surface area contributed by atoms with E-state index in [2.05, 4.69) is 22.0 Å². The monoisotopic (exact) mass is 439 g/mol. The maximum atomic E-state index is 13.1. The van der Waals surface area contributed by atoms with Crippen LogP contribution in [0.2, 0.25) is 0 Å². The minimum absolute atomic E-state index is 0.0481. The second-order valence-electron chi connectivity index (χ2n) is 7.28. The fourth-order valence-electron chi connectivity index (χ4n) is 3.72. The highest BCUT2D eigenvalue weighted by Crippen LogP contribution is 2.34. The molecule has 2 aromatic rings. The first-order valence-corrected chi connectivity index (χ1v) is 12.1. The molecule has 0 aliphatic carbocycles. The van der Waals surface area contributed by atoms with Crippen LogP contribution in [0.4, 0.5) is 0 Å². The summed E-state index contributed by atoms with van der Waals surface area (Å²) < 4.78 is 33.4. The highest BCUT2D eigenvalue weighted by Gasteiger charge is 2.32. The molecule has 0 bridgehead atoms. The van der Waals surface area contributed by atoms with Crippen molar-refractivity contribution in [3.8, 4) is 10.8 Å². The Balaban J connectivity index is 1.54. The van der Waals surface area contributed by atoms with E-state index in [-0.39, 0.29) is 22.6 Å². The van der Waals surface area contributed by atoms with E-state index in [0.717, 1.165) is 32.5 Å². The number of hydrogen-bond donors (Lipinski definition) is 0. The first kappa shape index (κ1) is 20.5. The molecule has 158 valence electrons. The molecule has 0 aromatic carbocycles. The largest absolute Gasteiger partial charge is 0.411 e. The van der Waals surface area contributed by atoms with Crippen LogP contribution in [0.25, 0.3) is 10.8 Å². The number of nitrogens with zero attached hydrogens (tertiary/aromatic N) is 5. The van der Waals surface area contributed by atoms with Gasteiger partial charge in [0.05, 0.1) is 9.77 Å². The lowest BCUT2D eigenvalue weighted by atomic mass is 10.4. The molecule has 4 heterocycles. The van der Waals surface area contributed by atoms with Crippen LogP contribution >= 0.6 is 11.3 Å². The van der Waals surface area contributed by atoms with Crippen LogP contribution < -0.4 is 0 Å². The van der Waals surface area contributed by atoms with E-state index in [9.17, 15) is 13.2 Å². The third-order valence-corrected chi connectivity index (χ3v) is 8.67. The maximum Gasteiger partial charge on any atom is 0.311 e.